The summed E-state index contributed by atoms with van der Waals surface area (Å²) in [6.45, 7) is 1.75. The van der Waals surface area contributed by atoms with Crippen LogP contribution in [0.15, 0.2) is 77.2 Å². The number of benzene rings is 3. The SMILES string of the molecule is CCc1cc(SCCC2=Cc3ccccc3-c3ccccc3C2)ccc1OCC(=O)O. The fourth-order valence-corrected chi connectivity index (χ4v) is 4.97. The van der Waals surface area contributed by atoms with Gasteiger partial charge in [-0.25, -0.2) is 4.79 Å². The van der Waals surface area contributed by atoms with Gasteiger partial charge in [-0.1, -0.05) is 67.1 Å². The second-order valence-corrected chi connectivity index (χ2v) is 8.80. The van der Waals surface area contributed by atoms with Gasteiger partial charge in [-0.05, 0) is 65.3 Å². The number of hydrogen-bond donors (Lipinski definition) is 1. The average Bonchev–Trinajstić information content (AvgIpc) is 2.94. The molecule has 0 radical (unpaired) electrons. The molecule has 0 bridgehead atoms. The molecular weight excluding hydrogens is 404 g/mol. The zero-order valence-electron chi connectivity index (χ0n) is 17.6. The molecule has 0 saturated heterocycles. The number of ether oxygens (including phenoxy) is 1. The van der Waals surface area contributed by atoms with Gasteiger partial charge >= 0.3 is 5.97 Å². The van der Waals surface area contributed by atoms with Gasteiger partial charge in [0.25, 0.3) is 0 Å². The molecule has 4 rings (SSSR count). The smallest absolute Gasteiger partial charge is 0.341 e. The van der Waals surface area contributed by atoms with Crippen LogP contribution in [0, 0.1) is 0 Å². The minimum atomic E-state index is -0.958. The molecule has 0 unspecified atom stereocenters. The number of carboxylic acids is 1. The lowest BCUT2D eigenvalue weighted by Gasteiger charge is -2.11. The zero-order chi connectivity index (χ0) is 21.6. The van der Waals surface area contributed by atoms with Crippen molar-refractivity contribution in [1.82, 2.24) is 0 Å². The third-order valence-electron chi connectivity index (χ3n) is 5.50. The summed E-state index contributed by atoms with van der Waals surface area (Å²) in [7, 11) is 0. The maximum absolute atomic E-state index is 10.8. The molecule has 0 atom stereocenters. The summed E-state index contributed by atoms with van der Waals surface area (Å²) in [5.74, 6) is 0.698. The summed E-state index contributed by atoms with van der Waals surface area (Å²) < 4.78 is 5.41. The van der Waals surface area contributed by atoms with Crippen molar-refractivity contribution >= 4 is 23.8 Å². The monoisotopic (exact) mass is 430 g/mol. The molecule has 4 heteroatoms. The summed E-state index contributed by atoms with van der Waals surface area (Å²) >= 11 is 1.83. The van der Waals surface area contributed by atoms with Gasteiger partial charge in [0.2, 0.25) is 0 Å². The number of aliphatic carboxylic acids is 1. The number of thioether (sulfide) groups is 1. The summed E-state index contributed by atoms with van der Waals surface area (Å²) in [5, 5.41) is 8.84. The average molecular weight is 431 g/mol. The van der Waals surface area contributed by atoms with Crippen LogP contribution in [-0.2, 0) is 17.6 Å². The van der Waals surface area contributed by atoms with Crippen molar-refractivity contribution in [2.75, 3.05) is 12.4 Å². The van der Waals surface area contributed by atoms with Gasteiger partial charge in [0.15, 0.2) is 6.61 Å². The third kappa shape index (κ3) is 5.20. The fraction of sp³-hybridized carbons (Fsp3) is 0.222. The molecule has 3 aromatic rings. The van der Waals surface area contributed by atoms with Crippen molar-refractivity contribution < 1.29 is 14.6 Å². The van der Waals surface area contributed by atoms with Gasteiger partial charge in [-0.3, -0.25) is 0 Å². The maximum Gasteiger partial charge on any atom is 0.341 e. The Hall–Kier alpha value is -2.98. The van der Waals surface area contributed by atoms with E-state index in [1.807, 2.05) is 23.9 Å². The van der Waals surface area contributed by atoms with Crippen LogP contribution in [0.3, 0.4) is 0 Å². The van der Waals surface area contributed by atoms with Crippen LogP contribution >= 0.6 is 11.8 Å². The molecule has 0 aromatic heterocycles. The first-order valence-corrected chi connectivity index (χ1v) is 11.6. The second kappa shape index (κ2) is 9.88. The Labute approximate surface area is 187 Å². The lowest BCUT2D eigenvalue weighted by Crippen LogP contribution is -2.10. The summed E-state index contributed by atoms with van der Waals surface area (Å²) in [4.78, 5) is 12.0. The van der Waals surface area contributed by atoms with Crippen LogP contribution in [0.25, 0.3) is 17.2 Å². The molecule has 0 spiro atoms. The van der Waals surface area contributed by atoms with Crippen molar-refractivity contribution in [1.29, 1.82) is 0 Å². The number of rotatable bonds is 8. The van der Waals surface area contributed by atoms with E-state index in [4.69, 9.17) is 9.84 Å². The Bertz CT molecular complexity index is 1120. The minimum absolute atomic E-state index is 0.309. The topological polar surface area (TPSA) is 46.5 Å². The number of carboxylic acid groups (broad SMARTS) is 1. The Balaban J connectivity index is 1.45. The highest BCUT2D eigenvalue weighted by Crippen LogP contribution is 2.35. The summed E-state index contributed by atoms with van der Waals surface area (Å²) in [6, 6.07) is 23.4. The Morgan fingerprint density at radius 1 is 1.03 bits per heavy atom. The number of hydrogen-bond acceptors (Lipinski definition) is 3. The molecule has 31 heavy (non-hydrogen) atoms. The van der Waals surface area contributed by atoms with Crippen LogP contribution in [0.2, 0.25) is 0 Å². The van der Waals surface area contributed by atoms with E-state index >= 15 is 0 Å². The Morgan fingerprint density at radius 3 is 2.61 bits per heavy atom. The van der Waals surface area contributed by atoms with Crippen LogP contribution in [-0.4, -0.2) is 23.4 Å². The maximum atomic E-state index is 10.8. The van der Waals surface area contributed by atoms with Gasteiger partial charge in [0, 0.05) is 10.6 Å². The molecule has 1 aliphatic rings. The molecular formula is C27H26O3S. The predicted molar refractivity (Wildman–Crippen MR) is 128 cm³/mol. The molecule has 3 nitrogen and oxygen atoms in total. The van der Waals surface area contributed by atoms with Gasteiger partial charge in [0.1, 0.15) is 5.75 Å². The molecule has 0 heterocycles. The van der Waals surface area contributed by atoms with Gasteiger partial charge in [-0.2, -0.15) is 0 Å². The molecule has 0 aliphatic heterocycles. The van der Waals surface area contributed by atoms with Gasteiger partial charge < -0.3 is 9.84 Å². The third-order valence-corrected chi connectivity index (χ3v) is 6.50. The van der Waals surface area contributed by atoms with Gasteiger partial charge in [-0.15, -0.1) is 11.8 Å². The van der Waals surface area contributed by atoms with E-state index in [-0.39, 0.29) is 6.61 Å². The first-order valence-electron chi connectivity index (χ1n) is 10.6. The lowest BCUT2D eigenvalue weighted by molar-refractivity contribution is -0.139. The fourth-order valence-electron chi connectivity index (χ4n) is 3.98. The first kappa shape index (κ1) is 21.3. The number of carbonyl (C=O) groups is 1. The molecule has 158 valence electrons. The number of aryl methyl sites for hydroxylation is 1. The molecule has 0 amide bonds. The van der Waals surface area contributed by atoms with Crippen LogP contribution < -0.4 is 4.74 Å². The largest absolute Gasteiger partial charge is 0.482 e. The summed E-state index contributed by atoms with van der Waals surface area (Å²) in [5.41, 5.74) is 7.81. The van der Waals surface area contributed by atoms with E-state index in [1.165, 1.54) is 32.7 Å². The van der Waals surface area contributed by atoms with E-state index in [1.54, 1.807) is 0 Å². The minimum Gasteiger partial charge on any atom is -0.482 e. The van der Waals surface area contributed by atoms with E-state index < -0.39 is 5.97 Å². The predicted octanol–water partition coefficient (Wildman–Crippen LogP) is 6.50. The van der Waals surface area contributed by atoms with E-state index in [0.29, 0.717) is 5.75 Å². The van der Waals surface area contributed by atoms with Crippen LogP contribution in [0.4, 0.5) is 0 Å². The highest BCUT2D eigenvalue weighted by molar-refractivity contribution is 7.99. The van der Waals surface area contributed by atoms with E-state index in [9.17, 15) is 4.79 Å². The van der Waals surface area contributed by atoms with Crippen molar-refractivity contribution in [3.63, 3.8) is 0 Å². The van der Waals surface area contributed by atoms with E-state index in [0.717, 1.165) is 30.6 Å². The quantitative estimate of drug-likeness (QED) is 0.414. The standard InChI is InChI=1S/C27H26O3S/c1-2-20-17-23(11-12-26(20)30-18-27(28)29)31-14-13-19-15-21-7-3-5-9-24(21)25-10-6-4-8-22(25)16-19/h3-12,15,17H,2,13-14,16,18H2,1H3,(H,28,29). The lowest BCUT2D eigenvalue weighted by atomic mass is 9.96. The normalized spacial score (nSPS) is 12.4. The van der Waals surface area contributed by atoms with Crippen molar-refractivity contribution in [2.24, 2.45) is 0 Å². The highest BCUT2D eigenvalue weighted by Gasteiger charge is 2.14. The molecule has 1 aliphatic carbocycles. The van der Waals surface area contributed by atoms with Crippen molar-refractivity contribution in [3.05, 3.63) is 89.0 Å². The van der Waals surface area contributed by atoms with Gasteiger partial charge in [0.05, 0.1) is 0 Å². The van der Waals surface area contributed by atoms with Crippen LogP contribution in [0.1, 0.15) is 30.0 Å². The molecule has 0 saturated carbocycles. The molecule has 0 fully saturated rings. The highest BCUT2D eigenvalue weighted by atomic mass is 32.2. The molecule has 3 aromatic carbocycles. The summed E-state index contributed by atoms with van der Waals surface area (Å²) in [6.07, 6.45) is 5.16. The second-order valence-electron chi connectivity index (χ2n) is 7.63. The first-order chi connectivity index (χ1) is 15.1. The van der Waals surface area contributed by atoms with Crippen LogP contribution in [0.5, 0.6) is 5.75 Å². The Kier molecular flexibility index (Phi) is 6.78. The van der Waals surface area contributed by atoms with Crippen molar-refractivity contribution in [3.8, 4) is 16.9 Å². The van der Waals surface area contributed by atoms with Crippen molar-refractivity contribution in [2.45, 2.75) is 31.1 Å². The Morgan fingerprint density at radius 2 is 1.81 bits per heavy atom. The number of allylic oxidation sites excluding steroid dienone is 1. The van der Waals surface area contributed by atoms with E-state index in [2.05, 4.69) is 67.6 Å². The molecule has 1 N–H and O–H groups in total. The zero-order valence-corrected chi connectivity index (χ0v) is 18.5. The number of fused-ring (bicyclic) bond motifs is 3.